The van der Waals surface area contributed by atoms with E-state index in [1.807, 2.05) is 25.1 Å². The molecule has 2 aromatic rings. The van der Waals surface area contributed by atoms with Gasteiger partial charge in [-0.2, -0.15) is 0 Å². The highest BCUT2D eigenvalue weighted by atomic mass is 16.3. The minimum Gasteiger partial charge on any atom is -0.504 e. The van der Waals surface area contributed by atoms with E-state index in [1.54, 1.807) is 12.1 Å². The van der Waals surface area contributed by atoms with Crippen LogP contribution in [-0.4, -0.2) is 22.0 Å². The minimum atomic E-state index is -0.718. The van der Waals surface area contributed by atoms with E-state index in [4.69, 9.17) is 5.73 Å². The predicted molar refractivity (Wildman–Crippen MR) is 85.8 cm³/mol. The number of aromatic hydroxyl groups is 1. The minimum absolute atomic E-state index is 0.0393. The molecule has 0 spiro atoms. The standard InChI is InChI=1S/C16H18N4O3/c1-10-4-2-5-11(8-10)12(19-16(17)23)9-14(22)20-15-13(21)6-3-7-18-15/h2-8,12,21H,9H2,1H3,(H3,17,19,23)(H,18,20,22)/t12-/m1/s1. The van der Waals surface area contributed by atoms with Crippen LogP contribution in [0.15, 0.2) is 42.6 Å². The van der Waals surface area contributed by atoms with Gasteiger partial charge in [0.2, 0.25) is 5.91 Å². The first-order chi connectivity index (χ1) is 11.0. The van der Waals surface area contributed by atoms with Gasteiger partial charge >= 0.3 is 6.03 Å². The van der Waals surface area contributed by atoms with Gasteiger partial charge in [0.1, 0.15) is 0 Å². The second-order valence-corrected chi connectivity index (χ2v) is 5.10. The molecule has 0 saturated heterocycles. The predicted octanol–water partition coefficient (Wildman–Crippen LogP) is 1.83. The smallest absolute Gasteiger partial charge is 0.312 e. The van der Waals surface area contributed by atoms with Crippen molar-refractivity contribution in [3.8, 4) is 5.75 Å². The summed E-state index contributed by atoms with van der Waals surface area (Å²) < 4.78 is 0. The van der Waals surface area contributed by atoms with Crippen LogP contribution in [0.4, 0.5) is 10.6 Å². The van der Waals surface area contributed by atoms with Crippen LogP contribution >= 0.6 is 0 Å². The molecule has 0 aliphatic rings. The van der Waals surface area contributed by atoms with Gasteiger partial charge in [0.05, 0.1) is 12.5 Å². The Balaban J connectivity index is 2.13. The molecule has 0 bridgehead atoms. The van der Waals surface area contributed by atoms with Crippen molar-refractivity contribution in [1.29, 1.82) is 0 Å². The highest BCUT2D eigenvalue weighted by Crippen LogP contribution is 2.21. The average molecular weight is 314 g/mol. The molecule has 3 amide bonds. The second-order valence-electron chi connectivity index (χ2n) is 5.10. The Hall–Kier alpha value is -3.09. The number of rotatable bonds is 5. The number of amides is 3. The van der Waals surface area contributed by atoms with Gasteiger partial charge in [-0.25, -0.2) is 9.78 Å². The van der Waals surface area contributed by atoms with Crippen LogP contribution in [0, 0.1) is 6.92 Å². The zero-order valence-corrected chi connectivity index (χ0v) is 12.6. The summed E-state index contributed by atoms with van der Waals surface area (Å²) in [4.78, 5) is 27.2. The summed E-state index contributed by atoms with van der Waals surface area (Å²) in [5.41, 5.74) is 6.96. The summed E-state index contributed by atoms with van der Waals surface area (Å²) in [6, 6.07) is 9.10. The highest BCUT2D eigenvalue weighted by molar-refractivity contribution is 5.91. The number of nitrogens with one attached hydrogen (secondary N) is 2. The quantitative estimate of drug-likeness (QED) is 0.673. The Morgan fingerprint density at radius 2 is 2.09 bits per heavy atom. The molecule has 0 aliphatic heterocycles. The molecule has 2 rings (SSSR count). The summed E-state index contributed by atoms with van der Waals surface area (Å²) in [5.74, 6) is -0.463. The van der Waals surface area contributed by atoms with Gasteiger partial charge in [0, 0.05) is 6.20 Å². The summed E-state index contributed by atoms with van der Waals surface area (Å²) in [5, 5.41) is 14.7. The van der Waals surface area contributed by atoms with Crippen molar-refractivity contribution in [3.05, 3.63) is 53.7 Å². The first-order valence-electron chi connectivity index (χ1n) is 7.02. The maximum Gasteiger partial charge on any atom is 0.312 e. The van der Waals surface area contributed by atoms with Gasteiger partial charge in [-0.3, -0.25) is 4.79 Å². The maximum atomic E-state index is 12.2. The Morgan fingerprint density at radius 1 is 1.30 bits per heavy atom. The molecular formula is C16H18N4O3. The molecule has 120 valence electrons. The zero-order valence-electron chi connectivity index (χ0n) is 12.6. The molecule has 0 saturated carbocycles. The van der Waals surface area contributed by atoms with Crippen molar-refractivity contribution in [1.82, 2.24) is 10.3 Å². The van der Waals surface area contributed by atoms with E-state index in [0.717, 1.165) is 11.1 Å². The third kappa shape index (κ3) is 4.70. The normalized spacial score (nSPS) is 11.5. The highest BCUT2D eigenvalue weighted by Gasteiger charge is 2.18. The number of aromatic nitrogens is 1. The molecule has 1 aromatic heterocycles. The van der Waals surface area contributed by atoms with Crippen LogP contribution in [0.5, 0.6) is 5.75 Å². The van der Waals surface area contributed by atoms with Crippen LogP contribution in [-0.2, 0) is 4.79 Å². The number of benzene rings is 1. The van der Waals surface area contributed by atoms with Crippen LogP contribution in [0.3, 0.4) is 0 Å². The SMILES string of the molecule is Cc1cccc([C@@H](CC(=O)Nc2ncccc2O)NC(N)=O)c1. The molecule has 7 nitrogen and oxygen atoms in total. The molecule has 0 fully saturated rings. The number of anilines is 1. The van der Waals surface area contributed by atoms with Crippen molar-refractivity contribution in [2.45, 2.75) is 19.4 Å². The zero-order chi connectivity index (χ0) is 16.8. The number of aryl methyl sites for hydroxylation is 1. The number of carbonyl (C=O) groups is 2. The van der Waals surface area contributed by atoms with Crippen molar-refractivity contribution in [3.63, 3.8) is 0 Å². The molecule has 0 unspecified atom stereocenters. The molecule has 1 aromatic carbocycles. The van der Waals surface area contributed by atoms with Crippen LogP contribution < -0.4 is 16.4 Å². The number of carbonyl (C=O) groups excluding carboxylic acids is 2. The summed E-state index contributed by atoms with van der Waals surface area (Å²) in [6.45, 7) is 1.91. The van der Waals surface area contributed by atoms with Gasteiger partial charge in [0.15, 0.2) is 11.6 Å². The first-order valence-corrected chi connectivity index (χ1v) is 7.02. The number of hydrogen-bond donors (Lipinski definition) is 4. The lowest BCUT2D eigenvalue weighted by molar-refractivity contribution is -0.116. The molecule has 7 heteroatoms. The van der Waals surface area contributed by atoms with Crippen LogP contribution in [0.2, 0.25) is 0 Å². The lowest BCUT2D eigenvalue weighted by atomic mass is 10.0. The third-order valence-corrected chi connectivity index (χ3v) is 3.19. The second kappa shape index (κ2) is 7.26. The van der Waals surface area contributed by atoms with Gasteiger partial charge in [0.25, 0.3) is 0 Å². The molecular weight excluding hydrogens is 296 g/mol. The lowest BCUT2D eigenvalue weighted by Crippen LogP contribution is -2.35. The van der Waals surface area contributed by atoms with Crippen LogP contribution in [0.25, 0.3) is 0 Å². The van der Waals surface area contributed by atoms with Crippen molar-refractivity contribution < 1.29 is 14.7 Å². The Labute approximate surface area is 133 Å². The Kier molecular flexibility index (Phi) is 5.14. The fourth-order valence-electron chi connectivity index (χ4n) is 2.17. The number of pyridine rings is 1. The van der Waals surface area contributed by atoms with Crippen molar-refractivity contribution in [2.75, 3.05) is 5.32 Å². The van der Waals surface area contributed by atoms with E-state index in [-0.39, 0.29) is 18.0 Å². The molecule has 23 heavy (non-hydrogen) atoms. The van der Waals surface area contributed by atoms with Gasteiger partial charge in [-0.1, -0.05) is 29.8 Å². The van der Waals surface area contributed by atoms with Crippen LogP contribution in [0.1, 0.15) is 23.6 Å². The van der Waals surface area contributed by atoms with Gasteiger partial charge < -0.3 is 21.5 Å². The van der Waals surface area contributed by atoms with E-state index in [1.165, 1.54) is 12.3 Å². The topological polar surface area (TPSA) is 117 Å². The monoisotopic (exact) mass is 314 g/mol. The lowest BCUT2D eigenvalue weighted by Gasteiger charge is -2.18. The largest absolute Gasteiger partial charge is 0.504 e. The Morgan fingerprint density at radius 3 is 2.74 bits per heavy atom. The van der Waals surface area contributed by atoms with E-state index in [9.17, 15) is 14.7 Å². The number of hydrogen-bond acceptors (Lipinski definition) is 4. The Bertz CT molecular complexity index is 718. The fourth-order valence-corrected chi connectivity index (χ4v) is 2.17. The van der Waals surface area contributed by atoms with E-state index in [0.29, 0.717) is 0 Å². The van der Waals surface area contributed by atoms with E-state index in [2.05, 4.69) is 15.6 Å². The molecule has 0 radical (unpaired) electrons. The number of urea groups is 1. The van der Waals surface area contributed by atoms with E-state index < -0.39 is 18.0 Å². The van der Waals surface area contributed by atoms with Gasteiger partial charge in [-0.05, 0) is 24.6 Å². The number of nitrogens with zero attached hydrogens (tertiary/aromatic N) is 1. The summed E-state index contributed by atoms with van der Waals surface area (Å²) in [7, 11) is 0. The van der Waals surface area contributed by atoms with Gasteiger partial charge in [-0.15, -0.1) is 0 Å². The molecule has 5 N–H and O–H groups in total. The van der Waals surface area contributed by atoms with E-state index >= 15 is 0 Å². The maximum absolute atomic E-state index is 12.2. The summed E-state index contributed by atoms with van der Waals surface area (Å²) >= 11 is 0. The fraction of sp³-hybridized carbons (Fsp3) is 0.188. The third-order valence-electron chi connectivity index (χ3n) is 3.19. The number of primary amides is 1. The average Bonchev–Trinajstić information content (AvgIpc) is 2.48. The molecule has 1 heterocycles. The van der Waals surface area contributed by atoms with Crippen molar-refractivity contribution in [2.24, 2.45) is 5.73 Å². The first kappa shape index (κ1) is 16.3. The molecule has 1 atom stereocenters. The molecule has 0 aliphatic carbocycles. The van der Waals surface area contributed by atoms with Crippen molar-refractivity contribution >= 4 is 17.8 Å². The number of nitrogens with two attached hydrogens (primary N) is 1. The summed E-state index contributed by atoms with van der Waals surface area (Å²) in [6.07, 6.45) is 1.41.